The number of nitrogens with one attached hydrogen (secondary N) is 3. The number of amidine groups is 1. The molecule has 1 aromatic carbocycles. The molecule has 3 amide bonds. The molecular formula is C28H43N5O4S. The minimum Gasteiger partial charge on any atom is -0.450 e. The van der Waals surface area contributed by atoms with Crippen molar-refractivity contribution in [3.05, 3.63) is 35.9 Å². The zero-order valence-corrected chi connectivity index (χ0v) is 23.6. The van der Waals surface area contributed by atoms with E-state index in [4.69, 9.17) is 15.9 Å². The van der Waals surface area contributed by atoms with Crippen LogP contribution in [0.4, 0.5) is 4.79 Å². The van der Waals surface area contributed by atoms with Crippen LogP contribution in [0, 0.1) is 17.2 Å². The Morgan fingerprint density at radius 1 is 1.16 bits per heavy atom. The van der Waals surface area contributed by atoms with Gasteiger partial charge in [0.05, 0.1) is 12.4 Å². The fraction of sp³-hybridized carbons (Fsp3) is 0.643. The summed E-state index contributed by atoms with van der Waals surface area (Å²) >= 11 is 1.59. The number of hydrogen-bond donors (Lipinski definition) is 4. The van der Waals surface area contributed by atoms with Crippen molar-refractivity contribution in [3.63, 3.8) is 0 Å². The van der Waals surface area contributed by atoms with Crippen molar-refractivity contribution in [1.29, 1.82) is 5.41 Å². The Labute approximate surface area is 230 Å². The van der Waals surface area contributed by atoms with E-state index in [-0.39, 0.29) is 30.2 Å². The van der Waals surface area contributed by atoms with Gasteiger partial charge in [-0.3, -0.25) is 15.0 Å². The van der Waals surface area contributed by atoms with Gasteiger partial charge in [-0.15, -0.1) is 11.8 Å². The van der Waals surface area contributed by atoms with Crippen LogP contribution in [0.3, 0.4) is 0 Å². The smallest absolute Gasteiger partial charge is 0.407 e. The monoisotopic (exact) mass is 545 g/mol. The van der Waals surface area contributed by atoms with Crippen molar-refractivity contribution in [2.24, 2.45) is 17.6 Å². The maximum atomic E-state index is 13.9. The highest BCUT2D eigenvalue weighted by Crippen LogP contribution is 2.34. The molecule has 0 unspecified atom stereocenters. The maximum absolute atomic E-state index is 13.9. The van der Waals surface area contributed by atoms with Crippen molar-refractivity contribution in [2.45, 2.75) is 81.9 Å². The first-order valence-corrected chi connectivity index (χ1v) is 14.6. The molecule has 1 heterocycles. The molecule has 1 saturated carbocycles. The van der Waals surface area contributed by atoms with E-state index in [1.165, 1.54) is 0 Å². The summed E-state index contributed by atoms with van der Waals surface area (Å²) in [6.07, 6.45) is 4.30. The Morgan fingerprint density at radius 3 is 2.47 bits per heavy atom. The zero-order chi connectivity index (χ0) is 27.7. The van der Waals surface area contributed by atoms with Crippen LogP contribution in [0.2, 0.25) is 0 Å². The molecule has 2 atom stereocenters. The highest BCUT2D eigenvalue weighted by Gasteiger charge is 2.44. The Hall–Kier alpha value is -2.75. The normalized spacial score (nSPS) is 22.4. The van der Waals surface area contributed by atoms with Crippen LogP contribution in [0.5, 0.6) is 0 Å². The molecule has 38 heavy (non-hydrogen) atoms. The average molecular weight is 546 g/mol. The lowest BCUT2D eigenvalue weighted by atomic mass is 9.81. The Morgan fingerprint density at radius 2 is 1.84 bits per heavy atom. The van der Waals surface area contributed by atoms with Gasteiger partial charge >= 0.3 is 6.09 Å². The second-order valence-electron chi connectivity index (χ2n) is 10.8. The van der Waals surface area contributed by atoms with Gasteiger partial charge in [-0.2, -0.15) is 0 Å². The molecule has 0 radical (unpaired) electrons. The summed E-state index contributed by atoms with van der Waals surface area (Å²) in [4.78, 5) is 41.2. The van der Waals surface area contributed by atoms with Crippen LogP contribution in [-0.2, 0) is 20.1 Å². The lowest BCUT2D eigenvalue weighted by molar-refractivity contribution is -0.140. The van der Waals surface area contributed by atoms with E-state index < -0.39 is 22.9 Å². The number of carbonyl (C=O) groups excluding carboxylic acids is 3. The number of thioether (sulfide) groups is 1. The molecule has 0 bridgehead atoms. The molecule has 1 aliphatic carbocycles. The highest BCUT2D eigenvalue weighted by molar-refractivity contribution is 7.99. The molecule has 1 aliphatic heterocycles. The summed E-state index contributed by atoms with van der Waals surface area (Å²) in [6, 6.07) is 8.57. The number of nitrogens with zero attached hydrogens (tertiary/aromatic N) is 1. The van der Waals surface area contributed by atoms with E-state index in [9.17, 15) is 14.4 Å². The Kier molecular flexibility index (Phi) is 10.9. The zero-order valence-electron chi connectivity index (χ0n) is 22.8. The van der Waals surface area contributed by atoms with Gasteiger partial charge in [-0.25, -0.2) is 4.79 Å². The standard InChI is InChI=1S/C28H43N5O4S/c1-4-37-27(36)32-23(28(2,3)38-18-20-9-6-5-7-10-20)26(35)33-16-8-11-22(33)25(34)31-17-19-12-14-21(15-13-19)24(29)30/h5-7,9-10,19,21-23H,4,8,11-18H2,1-3H3,(H3,29,30)(H,31,34)(H,32,36)/t19-,21-,22-,23-/m0/s1. The van der Waals surface area contributed by atoms with Crippen LogP contribution < -0.4 is 16.4 Å². The number of carbonyl (C=O) groups is 3. The van der Waals surface area contributed by atoms with Gasteiger partial charge in [-0.05, 0) is 70.8 Å². The molecule has 3 rings (SSSR count). The third kappa shape index (κ3) is 8.12. The van der Waals surface area contributed by atoms with E-state index in [0.29, 0.717) is 31.2 Å². The highest BCUT2D eigenvalue weighted by atomic mass is 32.2. The summed E-state index contributed by atoms with van der Waals surface area (Å²) in [7, 11) is 0. The van der Waals surface area contributed by atoms with Gasteiger partial charge in [0.25, 0.3) is 0 Å². The molecule has 9 nitrogen and oxygen atoms in total. The quantitative estimate of drug-likeness (QED) is 0.247. The van der Waals surface area contributed by atoms with E-state index in [1.54, 1.807) is 23.6 Å². The molecule has 210 valence electrons. The number of benzene rings is 1. The van der Waals surface area contributed by atoms with Crippen molar-refractivity contribution in [2.75, 3.05) is 19.7 Å². The molecular weight excluding hydrogens is 502 g/mol. The van der Waals surface area contributed by atoms with E-state index >= 15 is 0 Å². The summed E-state index contributed by atoms with van der Waals surface area (Å²) in [6.45, 7) is 6.84. The topological polar surface area (TPSA) is 138 Å². The van der Waals surface area contributed by atoms with Gasteiger partial charge in [0.1, 0.15) is 12.1 Å². The van der Waals surface area contributed by atoms with E-state index in [2.05, 4.69) is 10.6 Å². The minimum absolute atomic E-state index is 0.144. The number of ether oxygens (including phenoxy) is 1. The Balaban J connectivity index is 1.65. The second-order valence-corrected chi connectivity index (χ2v) is 12.4. The third-order valence-electron chi connectivity index (χ3n) is 7.62. The van der Waals surface area contributed by atoms with Crippen molar-refractivity contribution in [3.8, 4) is 0 Å². The summed E-state index contributed by atoms with van der Waals surface area (Å²) < 4.78 is 4.46. The van der Waals surface area contributed by atoms with Crippen LogP contribution in [-0.4, -0.2) is 65.2 Å². The average Bonchev–Trinajstić information content (AvgIpc) is 3.40. The first-order valence-electron chi connectivity index (χ1n) is 13.7. The molecule has 10 heteroatoms. The first kappa shape index (κ1) is 29.8. The minimum atomic E-state index is -0.856. The Bertz CT molecular complexity index is 965. The van der Waals surface area contributed by atoms with Gasteiger partial charge in [0, 0.05) is 29.5 Å². The van der Waals surface area contributed by atoms with Crippen LogP contribution in [0.15, 0.2) is 30.3 Å². The molecule has 0 aromatic heterocycles. The largest absolute Gasteiger partial charge is 0.450 e. The SMILES string of the molecule is CCOC(=O)N[C@@H](C(=O)N1CCC[C@H]1C(=O)NC[C@H]1CC[C@H](C(=N)N)CC1)C(C)(C)SCc1ccccc1. The number of nitrogens with two attached hydrogens (primary N) is 1. The van der Waals surface area contributed by atoms with E-state index in [0.717, 1.165) is 37.7 Å². The molecule has 1 saturated heterocycles. The lowest BCUT2D eigenvalue weighted by Gasteiger charge is -2.37. The van der Waals surface area contributed by atoms with Crippen molar-refractivity contribution in [1.82, 2.24) is 15.5 Å². The lowest BCUT2D eigenvalue weighted by Crippen LogP contribution is -2.60. The summed E-state index contributed by atoms with van der Waals surface area (Å²) in [5.41, 5.74) is 6.78. The molecule has 1 aromatic rings. The van der Waals surface area contributed by atoms with Crippen molar-refractivity contribution < 1.29 is 19.1 Å². The first-order chi connectivity index (χ1) is 18.1. The van der Waals surface area contributed by atoms with Gasteiger partial charge in [-0.1, -0.05) is 30.3 Å². The fourth-order valence-corrected chi connectivity index (χ4v) is 6.32. The number of amides is 3. The van der Waals surface area contributed by atoms with Gasteiger partial charge in [0.15, 0.2) is 0 Å². The number of hydrogen-bond acceptors (Lipinski definition) is 6. The van der Waals surface area contributed by atoms with E-state index in [1.807, 2.05) is 44.2 Å². The van der Waals surface area contributed by atoms with Crippen LogP contribution in [0.25, 0.3) is 0 Å². The van der Waals surface area contributed by atoms with Gasteiger partial charge < -0.3 is 26.0 Å². The third-order valence-corrected chi connectivity index (χ3v) is 9.08. The number of likely N-dealkylation sites (tertiary alicyclic amines) is 1. The molecule has 2 aliphatic rings. The molecule has 5 N–H and O–H groups in total. The fourth-order valence-electron chi connectivity index (χ4n) is 5.26. The predicted molar refractivity (Wildman–Crippen MR) is 151 cm³/mol. The number of alkyl carbamates (subject to hydrolysis) is 1. The maximum Gasteiger partial charge on any atom is 0.407 e. The predicted octanol–water partition coefficient (Wildman–Crippen LogP) is 3.66. The van der Waals surface area contributed by atoms with Crippen LogP contribution >= 0.6 is 11.8 Å². The summed E-state index contributed by atoms with van der Waals surface area (Å²) in [5.74, 6) is 1.03. The van der Waals surface area contributed by atoms with Crippen molar-refractivity contribution >= 4 is 35.5 Å². The van der Waals surface area contributed by atoms with Gasteiger partial charge in [0.2, 0.25) is 11.8 Å². The summed E-state index contributed by atoms with van der Waals surface area (Å²) in [5, 5.41) is 13.5. The number of rotatable bonds is 11. The molecule has 0 spiro atoms. The van der Waals surface area contributed by atoms with Crippen LogP contribution in [0.1, 0.15) is 64.9 Å². The molecule has 2 fully saturated rings. The second kappa shape index (κ2) is 13.9.